The SMILES string of the molecule is CCC1=[C-]CC(CC)=C1CC.Cl.Cl.[Ti]. The number of halogens is 2. The van der Waals surface area contributed by atoms with Gasteiger partial charge in [0.05, 0.1) is 0 Å². The molecule has 0 nitrogen and oxygen atoms in total. The maximum atomic E-state index is 3.45. The molecule has 0 bridgehead atoms. The van der Waals surface area contributed by atoms with Gasteiger partial charge in [0.2, 0.25) is 0 Å². The second-order valence-corrected chi connectivity index (χ2v) is 2.97. The van der Waals surface area contributed by atoms with E-state index in [0.29, 0.717) is 0 Å². The Hall–Kier alpha value is 0.774. The standard InChI is InChI=1S/C11H17.2ClH.Ti/c1-4-9-7-8-10(5-2)11(9)6-3;;;/h4-7H2,1-3H3;2*1H;/q-1;;;. The third kappa shape index (κ3) is 4.53. The van der Waals surface area contributed by atoms with Crippen LogP contribution in [0.5, 0.6) is 0 Å². The molecule has 0 aromatic carbocycles. The molecule has 0 aromatic rings. The molecule has 0 fully saturated rings. The molecule has 0 unspecified atom stereocenters. The van der Waals surface area contributed by atoms with Crippen molar-refractivity contribution in [3.05, 3.63) is 22.8 Å². The van der Waals surface area contributed by atoms with Crippen molar-refractivity contribution < 1.29 is 21.7 Å². The minimum Gasteiger partial charge on any atom is -0.269 e. The van der Waals surface area contributed by atoms with Crippen LogP contribution in [0.1, 0.15) is 46.5 Å². The van der Waals surface area contributed by atoms with Crippen LogP contribution in [0.2, 0.25) is 0 Å². The molecule has 0 saturated heterocycles. The Morgan fingerprint density at radius 3 is 1.93 bits per heavy atom. The zero-order chi connectivity index (χ0) is 8.27. The van der Waals surface area contributed by atoms with Crippen molar-refractivity contribution >= 4 is 24.8 Å². The van der Waals surface area contributed by atoms with Crippen molar-refractivity contribution in [2.45, 2.75) is 46.5 Å². The molecule has 0 N–H and O–H groups in total. The Kier molecular flexibility index (Phi) is 14.9. The van der Waals surface area contributed by atoms with Crippen molar-refractivity contribution in [3.8, 4) is 0 Å². The van der Waals surface area contributed by atoms with Gasteiger partial charge in [-0.25, -0.2) is 5.57 Å². The number of hydrogen-bond donors (Lipinski definition) is 0. The average Bonchev–Trinajstić information content (AvgIpc) is 2.45. The predicted molar refractivity (Wildman–Crippen MR) is 63.8 cm³/mol. The summed E-state index contributed by atoms with van der Waals surface area (Å²) >= 11 is 0. The summed E-state index contributed by atoms with van der Waals surface area (Å²) in [4.78, 5) is 0. The van der Waals surface area contributed by atoms with Crippen LogP contribution in [0.3, 0.4) is 0 Å². The maximum absolute atomic E-state index is 3.45. The monoisotopic (exact) mass is 269 g/mol. The fourth-order valence-electron chi connectivity index (χ4n) is 1.78. The second-order valence-electron chi connectivity index (χ2n) is 2.97. The second kappa shape index (κ2) is 10.3. The van der Waals surface area contributed by atoms with Crippen LogP contribution in [-0.4, -0.2) is 0 Å². The van der Waals surface area contributed by atoms with Gasteiger partial charge in [-0.05, 0) is 0 Å². The van der Waals surface area contributed by atoms with Gasteiger partial charge in [0.25, 0.3) is 0 Å². The zero-order valence-electron chi connectivity index (χ0n) is 9.14. The first-order valence-electron chi connectivity index (χ1n) is 4.64. The molecule has 3 heteroatoms. The molecule has 0 heterocycles. The topological polar surface area (TPSA) is 0 Å². The van der Waals surface area contributed by atoms with Gasteiger partial charge in [-0.1, -0.05) is 40.0 Å². The van der Waals surface area contributed by atoms with Gasteiger partial charge in [-0.2, -0.15) is 11.1 Å². The van der Waals surface area contributed by atoms with E-state index in [-0.39, 0.29) is 46.5 Å². The number of rotatable bonds is 3. The molecule has 0 aliphatic heterocycles. The van der Waals surface area contributed by atoms with Crippen molar-refractivity contribution in [2.24, 2.45) is 0 Å². The van der Waals surface area contributed by atoms with Crippen LogP contribution >= 0.6 is 24.8 Å². The fourth-order valence-corrected chi connectivity index (χ4v) is 1.78. The van der Waals surface area contributed by atoms with E-state index in [1.807, 2.05) is 0 Å². The van der Waals surface area contributed by atoms with E-state index in [2.05, 4.69) is 26.8 Å². The third-order valence-corrected chi connectivity index (χ3v) is 2.44. The molecule has 0 spiro atoms. The summed E-state index contributed by atoms with van der Waals surface area (Å²) in [6, 6.07) is 0. The van der Waals surface area contributed by atoms with Crippen LogP contribution in [0.4, 0.5) is 0 Å². The average molecular weight is 270 g/mol. The normalized spacial score (nSPS) is 13.8. The van der Waals surface area contributed by atoms with Gasteiger partial charge >= 0.3 is 0 Å². The Morgan fingerprint density at radius 1 is 1.00 bits per heavy atom. The predicted octanol–water partition coefficient (Wildman–Crippen LogP) is 4.49. The first-order chi connectivity index (χ1) is 5.33. The largest absolute Gasteiger partial charge is 0.269 e. The Balaban J connectivity index is -0.000000403. The van der Waals surface area contributed by atoms with Gasteiger partial charge in [0.1, 0.15) is 0 Å². The van der Waals surface area contributed by atoms with Crippen LogP contribution in [0.15, 0.2) is 16.7 Å². The minimum absolute atomic E-state index is 0. The van der Waals surface area contributed by atoms with Crippen molar-refractivity contribution in [3.63, 3.8) is 0 Å². The molecule has 0 amide bonds. The van der Waals surface area contributed by atoms with Gasteiger partial charge in [0.15, 0.2) is 0 Å². The van der Waals surface area contributed by atoms with Gasteiger partial charge < -0.3 is 0 Å². The van der Waals surface area contributed by atoms with Crippen LogP contribution in [-0.2, 0) is 21.7 Å². The molecular formula is C11H19Cl2Ti-. The smallest absolute Gasteiger partial charge is 0 e. The molecule has 0 saturated carbocycles. The molecule has 82 valence electrons. The first-order valence-corrected chi connectivity index (χ1v) is 4.64. The molecule has 0 atom stereocenters. The zero-order valence-corrected chi connectivity index (χ0v) is 12.3. The summed E-state index contributed by atoms with van der Waals surface area (Å²) in [6.45, 7) is 6.70. The Labute approximate surface area is 115 Å². The van der Waals surface area contributed by atoms with E-state index in [1.54, 1.807) is 11.1 Å². The Morgan fingerprint density at radius 2 is 1.57 bits per heavy atom. The van der Waals surface area contributed by atoms with Crippen LogP contribution < -0.4 is 0 Å². The quantitative estimate of drug-likeness (QED) is 0.523. The molecule has 0 radical (unpaired) electrons. The summed E-state index contributed by atoms with van der Waals surface area (Å²) in [6.07, 6.45) is 8.11. The van der Waals surface area contributed by atoms with E-state index in [1.165, 1.54) is 18.4 Å². The van der Waals surface area contributed by atoms with Crippen molar-refractivity contribution in [2.75, 3.05) is 0 Å². The van der Waals surface area contributed by atoms with E-state index >= 15 is 0 Å². The van der Waals surface area contributed by atoms with Gasteiger partial charge in [-0.3, -0.25) is 6.08 Å². The summed E-state index contributed by atoms with van der Waals surface area (Å²) in [7, 11) is 0. The molecule has 14 heavy (non-hydrogen) atoms. The van der Waals surface area contributed by atoms with E-state index in [0.717, 1.165) is 12.8 Å². The molecule has 1 aliphatic carbocycles. The molecular weight excluding hydrogens is 251 g/mol. The molecule has 1 rings (SSSR count). The van der Waals surface area contributed by atoms with E-state index in [4.69, 9.17) is 0 Å². The fraction of sp³-hybridized carbons (Fsp3) is 0.636. The Bertz CT molecular complexity index is 207. The van der Waals surface area contributed by atoms with Crippen molar-refractivity contribution in [1.82, 2.24) is 0 Å². The van der Waals surface area contributed by atoms with Crippen LogP contribution in [0.25, 0.3) is 0 Å². The third-order valence-electron chi connectivity index (χ3n) is 2.44. The van der Waals surface area contributed by atoms with E-state index in [9.17, 15) is 0 Å². The summed E-state index contributed by atoms with van der Waals surface area (Å²) in [5, 5.41) is 0. The summed E-state index contributed by atoms with van der Waals surface area (Å²) < 4.78 is 0. The maximum Gasteiger partial charge on any atom is 0 e. The van der Waals surface area contributed by atoms with Gasteiger partial charge in [0, 0.05) is 21.7 Å². The molecule has 1 aliphatic rings. The summed E-state index contributed by atoms with van der Waals surface area (Å²) in [5.74, 6) is 0. The molecule has 0 aromatic heterocycles. The van der Waals surface area contributed by atoms with Gasteiger partial charge in [-0.15, -0.1) is 31.2 Å². The first kappa shape index (κ1) is 20.2. The minimum atomic E-state index is 0. The summed E-state index contributed by atoms with van der Waals surface area (Å²) in [5.41, 5.74) is 4.68. The van der Waals surface area contributed by atoms with Crippen LogP contribution in [0, 0.1) is 6.08 Å². The number of allylic oxidation sites excluding steroid dienone is 4. The number of hydrogen-bond acceptors (Lipinski definition) is 0. The van der Waals surface area contributed by atoms with E-state index < -0.39 is 0 Å². The van der Waals surface area contributed by atoms with Crippen molar-refractivity contribution in [1.29, 1.82) is 0 Å².